The molecule has 1 unspecified atom stereocenters. The first-order chi connectivity index (χ1) is 16.5. The van der Waals surface area contributed by atoms with Crippen LogP contribution in [0.4, 0.5) is 16.2 Å². The largest absolute Gasteiger partial charge is 0.332 e. The minimum atomic E-state index is -1.27. The number of nitrogens with one attached hydrogen (secondary N) is 3. The molecule has 1 saturated heterocycles. The molecule has 0 bridgehead atoms. The average molecular weight is 480 g/mol. The molecule has 1 fully saturated rings. The van der Waals surface area contributed by atoms with E-state index in [0.717, 1.165) is 10.5 Å². The lowest BCUT2D eigenvalue weighted by molar-refractivity contribution is -0.140. The van der Waals surface area contributed by atoms with Gasteiger partial charge in [-0.15, -0.1) is 0 Å². The third-order valence-electron chi connectivity index (χ3n) is 5.76. The number of likely N-dealkylation sites (N-methyl/N-ethyl adjacent to an activating group) is 1. The molecule has 3 rings (SSSR count). The monoisotopic (exact) mass is 479 g/mol. The average Bonchev–Trinajstić information content (AvgIpc) is 3.02. The summed E-state index contributed by atoms with van der Waals surface area (Å²) in [6, 6.07) is 13.1. The van der Waals surface area contributed by atoms with Crippen LogP contribution < -0.4 is 16.0 Å². The lowest BCUT2D eigenvalue weighted by atomic mass is 9.91. The number of imide groups is 1. The van der Waals surface area contributed by atoms with E-state index < -0.39 is 35.8 Å². The maximum atomic E-state index is 13.1. The molecule has 2 aromatic carbocycles. The number of hydrogen-bond acceptors (Lipinski definition) is 5. The highest BCUT2D eigenvalue weighted by Gasteiger charge is 2.49. The molecule has 0 aliphatic carbocycles. The van der Waals surface area contributed by atoms with Gasteiger partial charge in [0.1, 0.15) is 12.1 Å². The minimum absolute atomic E-state index is 0.205. The van der Waals surface area contributed by atoms with Crippen molar-refractivity contribution >= 4 is 41.0 Å². The molecule has 0 radical (unpaired) electrons. The fourth-order valence-electron chi connectivity index (χ4n) is 3.75. The summed E-state index contributed by atoms with van der Waals surface area (Å²) in [7, 11) is 0. The van der Waals surface area contributed by atoms with E-state index >= 15 is 0 Å². The van der Waals surface area contributed by atoms with E-state index in [2.05, 4.69) is 16.0 Å². The molecule has 0 spiro atoms. The summed E-state index contributed by atoms with van der Waals surface area (Å²) in [5.41, 5.74) is 1.44. The third kappa shape index (κ3) is 5.84. The maximum Gasteiger partial charge on any atom is 0.325 e. The van der Waals surface area contributed by atoms with Gasteiger partial charge in [-0.1, -0.05) is 29.8 Å². The quantitative estimate of drug-likeness (QED) is 0.500. The Morgan fingerprint density at radius 2 is 1.54 bits per heavy atom. The van der Waals surface area contributed by atoms with Gasteiger partial charge in [-0.25, -0.2) is 4.79 Å². The summed E-state index contributed by atoms with van der Waals surface area (Å²) in [5, 5.41) is 8.00. The Balaban J connectivity index is 1.62. The van der Waals surface area contributed by atoms with Crippen LogP contribution in [0.5, 0.6) is 0 Å². The molecular weight excluding hydrogens is 450 g/mol. The Bertz CT molecular complexity index is 1150. The zero-order chi connectivity index (χ0) is 25.8. The van der Waals surface area contributed by atoms with E-state index in [1.54, 1.807) is 50.2 Å². The van der Waals surface area contributed by atoms with Crippen molar-refractivity contribution in [2.45, 2.75) is 33.2 Å². The second kappa shape index (κ2) is 10.4. The fourth-order valence-corrected chi connectivity index (χ4v) is 3.75. The number of carbonyl (C=O) groups is 5. The highest BCUT2D eigenvalue weighted by atomic mass is 16.2. The summed E-state index contributed by atoms with van der Waals surface area (Å²) in [4.78, 5) is 64.3. The highest BCUT2D eigenvalue weighted by Crippen LogP contribution is 2.29. The summed E-state index contributed by atoms with van der Waals surface area (Å²) < 4.78 is 0. The van der Waals surface area contributed by atoms with Crippen molar-refractivity contribution in [1.82, 2.24) is 15.1 Å². The summed E-state index contributed by atoms with van der Waals surface area (Å²) in [5.74, 6) is -1.70. The van der Waals surface area contributed by atoms with E-state index in [1.807, 2.05) is 19.1 Å². The van der Waals surface area contributed by atoms with Gasteiger partial charge in [0, 0.05) is 24.8 Å². The normalized spacial score (nSPS) is 17.1. The summed E-state index contributed by atoms with van der Waals surface area (Å²) >= 11 is 0. The predicted molar refractivity (Wildman–Crippen MR) is 130 cm³/mol. The van der Waals surface area contributed by atoms with Gasteiger partial charge < -0.3 is 20.9 Å². The van der Waals surface area contributed by atoms with Crippen molar-refractivity contribution in [3.05, 3.63) is 59.7 Å². The number of rotatable bonds is 8. The second-order valence-electron chi connectivity index (χ2n) is 8.53. The van der Waals surface area contributed by atoms with Crippen LogP contribution in [0.25, 0.3) is 0 Å². The van der Waals surface area contributed by atoms with Gasteiger partial charge >= 0.3 is 6.03 Å². The number of aryl methyl sites for hydroxylation is 1. The van der Waals surface area contributed by atoms with Gasteiger partial charge in [-0.3, -0.25) is 24.1 Å². The molecule has 1 aliphatic heterocycles. The highest BCUT2D eigenvalue weighted by molar-refractivity contribution is 6.09. The minimum Gasteiger partial charge on any atom is -0.332 e. The Hall–Kier alpha value is -4.21. The Kier molecular flexibility index (Phi) is 7.53. The number of benzene rings is 2. The fraction of sp³-hybridized carbons (Fsp3) is 0.320. The first-order valence-electron chi connectivity index (χ1n) is 11.2. The zero-order valence-electron chi connectivity index (χ0n) is 20.2. The predicted octanol–water partition coefficient (Wildman–Crippen LogP) is 2.21. The second-order valence-corrected chi connectivity index (χ2v) is 8.53. The van der Waals surface area contributed by atoms with E-state index in [-0.39, 0.29) is 19.0 Å². The zero-order valence-corrected chi connectivity index (χ0v) is 20.2. The molecule has 35 heavy (non-hydrogen) atoms. The van der Waals surface area contributed by atoms with Gasteiger partial charge in [-0.05, 0) is 50.6 Å². The SMILES string of the molecule is CCN(CC(=O)Nc1ccc(NC(C)=O)cc1)C(=O)CN1C(=O)NC(C)(c2ccc(C)cc2)C1=O. The number of nitrogens with zero attached hydrogens (tertiary/aromatic N) is 2. The first kappa shape index (κ1) is 25.4. The van der Waals surface area contributed by atoms with E-state index in [0.29, 0.717) is 16.9 Å². The number of amides is 6. The number of carbonyl (C=O) groups excluding carboxylic acids is 5. The van der Waals surface area contributed by atoms with Gasteiger partial charge in [0.25, 0.3) is 5.91 Å². The van der Waals surface area contributed by atoms with E-state index in [9.17, 15) is 24.0 Å². The van der Waals surface area contributed by atoms with Crippen molar-refractivity contribution in [3.8, 4) is 0 Å². The van der Waals surface area contributed by atoms with Crippen LogP contribution in [0, 0.1) is 6.92 Å². The van der Waals surface area contributed by atoms with Crippen LogP contribution in [0.2, 0.25) is 0 Å². The van der Waals surface area contributed by atoms with Crippen LogP contribution in [0.1, 0.15) is 31.9 Å². The Labute approximate surface area is 203 Å². The molecule has 2 aromatic rings. The molecule has 10 heteroatoms. The molecule has 184 valence electrons. The molecule has 0 aromatic heterocycles. The van der Waals surface area contributed by atoms with E-state index in [4.69, 9.17) is 0 Å². The van der Waals surface area contributed by atoms with Crippen molar-refractivity contribution in [3.63, 3.8) is 0 Å². The van der Waals surface area contributed by atoms with Crippen LogP contribution >= 0.6 is 0 Å². The van der Waals surface area contributed by atoms with Gasteiger partial charge in [-0.2, -0.15) is 0 Å². The van der Waals surface area contributed by atoms with Gasteiger partial charge in [0.2, 0.25) is 17.7 Å². The van der Waals surface area contributed by atoms with Crippen molar-refractivity contribution in [2.24, 2.45) is 0 Å². The number of anilines is 2. The molecule has 1 heterocycles. The van der Waals surface area contributed by atoms with Crippen LogP contribution in [-0.2, 0) is 24.7 Å². The number of hydrogen-bond donors (Lipinski definition) is 3. The van der Waals surface area contributed by atoms with Crippen LogP contribution in [0.15, 0.2) is 48.5 Å². The summed E-state index contributed by atoms with van der Waals surface area (Å²) in [6.45, 7) is 6.12. The lowest BCUT2D eigenvalue weighted by Crippen LogP contribution is -2.46. The first-order valence-corrected chi connectivity index (χ1v) is 11.2. The van der Waals surface area contributed by atoms with Crippen molar-refractivity contribution < 1.29 is 24.0 Å². The maximum absolute atomic E-state index is 13.1. The molecule has 1 atom stereocenters. The van der Waals surface area contributed by atoms with Crippen molar-refractivity contribution in [2.75, 3.05) is 30.3 Å². The Morgan fingerprint density at radius 1 is 0.971 bits per heavy atom. The molecule has 1 aliphatic rings. The van der Waals surface area contributed by atoms with Crippen LogP contribution in [-0.4, -0.2) is 59.1 Å². The lowest BCUT2D eigenvalue weighted by Gasteiger charge is -2.24. The molecule has 6 amide bonds. The molecule has 10 nitrogen and oxygen atoms in total. The van der Waals surface area contributed by atoms with Gasteiger partial charge in [0.15, 0.2) is 0 Å². The van der Waals surface area contributed by atoms with Crippen molar-refractivity contribution in [1.29, 1.82) is 0 Å². The van der Waals surface area contributed by atoms with E-state index in [1.165, 1.54) is 11.8 Å². The smallest absolute Gasteiger partial charge is 0.325 e. The van der Waals surface area contributed by atoms with Crippen LogP contribution in [0.3, 0.4) is 0 Å². The topological polar surface area (TPSA) is 128 Å². The molecule has 3 N–H and O–H groups in total. The summed E-state index contributed by atoms with van der Waals surface area (Å²) in [6.07, 6.45) is 0. The molecular formula is C25H29N5O5. The Morgan fingerprint density at radius 3 is 2.09 bits per heavy atom. The number of urea groups is 1. The standard InChI is InChI=1S/C25H29N5O5/c1-5-29(14-21(32)27-20-12-10-19(11-13-20)26-17(3)31)22(33)15-30-23(34)25(4,28-24(30)35)18-8-6-16(2)7-9-18/h6-13H,5,14-15H2,1-4H3,(H,26,31)(H,27,32)(H,28,35). The molecule has 0 saturated carbocycles. The third-order valence-corrected chi connectivity index (χ3v) is 5.76. The van der Waals surface area contributed by atoms with Gasteiger partial charge in [0.05, 0.1) is 6.54 Å².